The van der Waals surface area contributed by atoms with Gasteiger partial charge in [0.25, 0.3) is 0 Å². The monoisotopic (exact) mass is 276 g/mol. The minimum atomic E-state index is -2.86. The van der Waals surface area contributed by atoms with Crippen molar-refractivity contribution in [3.05, 3.63) is 0 Å². The third-order valence-electron chi connectivity index (χ3n) is 3.93. The normalized spacial score (nSPS) is 29.7. The number of sulfone groups is 1. The standard InChI is InChI=1S/C13H28N2O2S/c1-5-14-12-7-6-11(2)10-13(12)15(3)8-9-18(4,16)17/h11-14H,5-10H2,1-4H3. The molecule has 0 saturated heterocycles. The average Bonchev–Trinajstić information content (AvgIpc) is 2.27. The van der Waals surface area contributed by atoms with Crippen LogP contribution in [-0.4, -0.2) is 57.5 Å². The SMILES string of the molecule is CCNC1CCC(C)CC1N(C)CCS(C)(=O)=O. The van der Waals surface area contributed by atoms with Crippen LogP contribution in [0.4, 0.5) is 0 Å². The molecule has 0 amide bonds. The molecule has 1 fully saturated rings. The lowest BCUT2D eigenvalue weighted by atomic mass is 9.82. The lowest BCUT2D eigenvalue weighted by Gasteiger charge is -2.40. The molecule has 1 aliphatic carbocycles. The third-order valence-corrected chi connectivity index (χ3v) is 4.85. The molecular weight excluding hydrogens is 248 g/mol. The summed E-state index contributed by atoms with van der Waals surface area (Å²) in [5.41, 5.74) is 0. The molecule has 0 aromatic heterocycles. The van der Waals surface area contributed by atoms with Crippen molar-refractivity contribution >= 4 is 9.84 Å². The number of likely N-dealkylation sites (N-methyl/N-ethyl adjacent to an activating group) is 2. The molecule has 3 atom stereocenters. The highest BCUT2D eigenvalue weighted by Gasteiger charge is 2.30. The maximum absolute atomic E-state index is 11.2. The summed E-state index contributed by atoms with van der Waals surface area (Å²) in [4.78, 5) is 2.23. The van der Waals surface area contributed by atoms with Crippen LogP contribution >= 0.6 is 0 Å². The average molecular weight is 276 g/mol. The van der Waals surface area contributed by atoms with Crippen LogP contribution < -0.4 is 5.32 Å². The maximum Gasteiger partial charge on any atom is 0.148 e. The fourth-order valence-corrected chi connectivity index (χ4v) is 3.43. The second-order valence-corrected chi connectivity index (χ2v) is 8.02. The van der Waals surface area contributed by atoms with Gasteiger partial charge in [0.2, 0.25) is 0 Å². The Morgan fingerprint density at radius 1 is 1.33 bits per heavy atom. The van der Waals surface area contributed by atoms with E-state index in [0.29, 0.717) is 18.6 Å². The Labute approximate surface area is 112 Å². The molecule has 1 rings (SSSR count). The first-order valence-corrected chi connectivity index (χ1v) is 9.01. The van der Waals surface area contributed by atoms with Gasteiger partial charge in [-0.15, -0.1) is 0 Å². The van der Waals surface area contributed by atoms with E-state index < -0.39 is 9.84 Å². The molecule has 1 N–H and O–H groups in total. The Kier molecular flexibility index (Phi) is 6.08. The summed E-state index contributed by atoms with van der Waals surface area (Å²) in [7, 11) is -0.809. The summed E-state index contributed by atoms with van der Waals surface area (Å²) in [5, 5.41) is 3.54. The second kappa shape index (κ2) is 6.87. The topological polar surface area (TPSA) is 49.4 Å². The van der Waals surface area contributed by atoms with Crippen LogP contribution in [0.25, 0.3) is 0 Å². The minimum Gasteiger partial charge on any atom is -0.313 e. The predicted molar refractivity (Wildman–Crippen MR) is 76.6 cm³/mol. The van der Waals surface area contributed by atoms with Gasteiger partial charge in [0.1, 0.15) is 9.84 Å². The molecule has 4 nitrogen and oxygen atoms in total. The fraction of sp³-hybridized carbons (Fsp3) is 1.00. The Bertz CT molecular complexity index is 343. The Morgan fingerprint density at radius 2 is 2.00 bits per heavy atom. The molecule has 3 unspecified atom stereocenters. The van der Waals surface area contributed by atoms with E-state index in [2.05, 4.69) is 31.1 Å². The van der Waals surface area contributed by atoms with Crippen molar-refractivity contribution in [2.45, 2.75) is 45.2 Å². The highest BCUT2D eigenvalue weighted by molar-refractivity contribution is 7.90. The maximum atomic E-state index is 11.2. The van der Waals surface area contributed by atoms with Gasteiger partial charge in [-0.25, -0.2) is 8.42 Å². The van der Waals surface area contributed by atoms with Gasteiger partial charge >= 0.3 is 0 Å². The second-order valence-electron chi connectivity index (χ2n) is 5.76. The van der Waals surface area contributed by atoms with Gasteiger partial charge in [0.05, 0.1) is 5.75 Å². The summed E-state index contributed by atoms with van der Waals surface area (Å²) in [6.07, 6.45) is 4.95. The van der Waals surface area contributed by atoms with E-state index in [1.807, 2.05) is 0 Å². The van der Waals surface area contributed by atoms with Crippen molar-refractivity contribution < 1.29 is 8.42 Å². The zero-order valence-corrected chi connectivity index (χ0v) is 13.0. The van der Waals surface area contributed by atoms with Crippen molar-refractivity contribution in [2.75, 3.05) is 32.1 Å². The Hall–Kier alpha value is -0.130. The van der Waals surface area contributed by atoms with E-state index in [-0.39, 0.29) is 5.75 Å². The van der Waals surface area contributed by atoms with Gasteiger partial charge < -0.3 is 10.2 Å². The largest absolute Gasteiger partial charge is 0.313 e. The minimum absolute atomic E-state index is 0.257. The highest BCUT2D eigenvalue weighted by Crippen LogP contribution is 2.27. The number of rotatable bonds is 6. The van der Waals surface area contributed by atoms with E-state index in [4.69, 9.17) is 0 Å². The van der Waals surface area contributed by atoms with Crippen LogP contribution in [0.2, 0.25) is 0 Å². The Balaban J connectivity index is 2.57. The Morgan fingerprint density at radius 3 is 2.56 bits per heavy atom. The van der Waals surface area contributed by atoms with Crippen molar-refractivity contribution in [1.82, 2.24) is 10.2 Å². The van der Waals surface area contributed by atoms with Crippen molar-refractivity contribution in [3.63, 3.8) is 0 Å². The van der Waals surface area contributed by atoms with Crippen LogP contribution in [0.1, 0.15) is 33.1 Å². The molecule has 0 radical (unpaired) electrons. The molecule has 0 bridgehead atoms. The summed E-state index contributed by atoms with van der Waals surface area (Å²) in [5.74, 6) is 0.998. The molecule has 18 heavy (non-hydrogen) atoms. The summed E-state index contributed by atoms with van der Waals surface area (Å²) >= 11 is 0. The first kappa shape index (κ1) is 15.9. The number of hydrogen-bond donors (Lipinski definition) is 1. The first-order valence-electron chi connectivity index (χ1n) is 6.94. The van der Waals surface area contributed by atoms with E-state index in [1.165, 1.54) is 19.1 Å². The van der Waals surface area contributed by atoms with Crippen LogP contribution in [0, 0.1) is 5.92 Å². The molecule has 0 spiro atoms. The van der Waals surface area contributed by atoms with Crippen LogP contribution in [0.15, 0.2) is 0 Å². The summed E-state index contributed by atoms with van der Waals surface area (Å²) in [6.45, 7) is 6.04. The first-order chi connectivity index (χ1) is 8.33. The van der Waals surface area contributed by atoms with Gasteiger partial charge in [-0.3, -0.25) is 0 Å². The lowest BCUT2D eigenvalue weighted by Crippen LogP contribution is -2.52. The zero-order chi connectivity index (χ0) is 13.8. The van der Waals surface area contributed by atoms with Gasteiger partial charge in [0.15, 0.2) is 0 Å². The van der Waals surface area contributed by atoms with Crippen molar-refractivity contribution in [1.29, 1.82) is 0 Å². The zero-order valence-electron chi connectivity index (χ0n) is 12.1. The molecular formula is C13H28N2O2S. The molecule has 1 aliphatic rings. The van der Waals surface area contributed by atoms with Crippen LogP contribution in [0.3, 0.4) is 0 Å². The quantitative estimate of drug-likeness (QED) is 0.790. The van der Waals surface area contributed by atoms with Gasteiger partial charge in [-0.1, -0.05) is 13.8 Å². The van der Waals surface area contributed by atoms with Gasteiger partial charge in [-0.2, -0.15) is 0 Å². The van der Waals surface area contributed by atoms with Gasteiger partial charge in [0, 0.05) is 24.9 Å². The molecule has 0 aromatic rings. The predicted octanol–water partition coefficient (Wildman–Crippen LogP) is 1.13. The van der Waals surface area contributed by atoms with Crippen molar-refractivity contribution in [3.8, 4) is 0 Å². The number of hydrogen-bond acceptors (Lipinski definition) is 4. The smallest absolute Gasteiger partial charge is 0.148 e. The number of nitrogens with zero attached hydrogens (tertiary/aromatic N) is 1. The summed E-state index contributed by atoms with van der Waals surface area (Å²) < 4.78 is 22.5. The van der Waals surface area contributed by atoms with Crippen molar-refractivity contribution in [2.24, 2.45) is 5.92 Å². The molecule has 0 aliphatic heterocycles. The van der Waals surface area contributed by atoms with E-state index >= 15 is 0 Å². The molecule has 0 heterocycles. The van der Waals surface area contributed by atoms with E-state index in [1.54, 1.807) is 0 Å². The molecule has 5 heteroatoms. The molecule has 0 aromatic carbocycles. The third kappa shape index (κ3) is 5.24. The van der Waals surface area contributed by atoms with Crippen LogP contribution in [-0.2, 0) is 9.84 Å². The van der Waals surface area contributed by atoms with E-state index in [9.17, 15) is 8.42 Å². The van der Waals surface area contributed by atoms with Gasteiger partial charge in [-0.05, 0) is 38.8 Å². The molecule has 108 valence electrons. The van der Waals surface area contributed by atoms with Crippen LogP contribution in [0.5, 0.6) is 0 Å². The fourth-order valence-electron chi connectivity index (χ4n) is 2.81. The number of nitrogens with one attached hydrogen (secondary N) is 1. The lowest BCUT2D eigenvalue weighted by molar-refractivity contribution is 0.131. The summed E-state index contributed by atoms with van der Waals surface area (Å²) in [6, 6.07) is 0.978. The highest BCUT2D eigenvalue weighted by atomic mass is 32.2. The van der Waals surface area contributed by atoms with E-state index in [0.717, 1.165) is 18.9 Å². The molecule has 1 saturated carbocycles.